The number of nitrogens with two attached hydrogens (primary N) is 1. The van der Waals surface area contributed by atoms with Crippen molar-refractivity contribution >= 4 is 50.8 Å². The Morgan fingerprint density at radius 2 is 2.03 bits per heavy atom. The normalized spacial score (nSPS) is 15.4. The summed E-state index contributed by atoms with van der Waals surface area (Å²) in [4.78, 5) is 29.4. The summed E-state index contributed by atoms with van der Waals surface area (Å²) in [5.74, 6) is 0.355. The number of primary amides is 1. The molecule has 6 rings (SSSR count). The predicted octanol–water partition coefficient (Wildman–Crippen LogP) is 4.53. The molecule has 8 nitrogen and oxygen atoms in total. The molecule has 4 N–H and O–H groups in total. The maximum Gasteiger partial charge on any atom is 0.251 e. The number of hydrogen-bond donors (Lipinski definition) is 3. The number of amides is 2. The number of aromatic amines is 1. The van der Waals surface area contributed by atoms with Crippen LogP contribution in [-0.2, 0) is 17.6 Å². The van der Waals surface area contributed by atoms with Crippen molar-refractivity contribution in [3.8, 4) is 11.4 Å². The molecular formula is C24H24N6O2S2. The molecular weight excluding hydrogens is 468 g/mol. The van der Waals surface area contributed by atoms with Crippen LogP contribution in [-0.4, -0.2) is 37.3 Å². The zero-order valence-corrected chi connectivity index (χ0v) is 20.1. The zero-order chi connectivity index (χ0) is 23.2. The van der Waals surface area contributed by atoms with Crippen LogP contribution in [0.3, 0.4) is 0 Å². The van der Waals surface area contributed by atoms with E-state index in [4.69, 9.17) is 5.73 Å². The summed E-state index contributed by atoms with van der Waals surface area (Å²) in [6.45, 7) is 0. The molecule has 0 saturated heterocycles. The van der Waals surface area contributed by atoms with Gasteiger partial charge in [-0.3, -0.25) is 14.2 Å². The van der Waals surface area contributed by atoms with Crippen molar-refractivity contribution in [1.29, 1.82) is 0 Å². The van der Waals surface area contributed by atoms with Gasteiger partial charge in [-0.2, -0.15) is 0 Å². The van der Waals surface area contributed by atoms with Crippen molar-refractivity contribution in [3.05, 3.63) is 46.5 Å². The van der Waals surface area contributed by atoms with E-state index in [9.17, 15) is 9.59 Å². The fourth-order valence-electron chi connectivity index (χ4n) is 4.68. The number of carbonyl (C=O) groups excluding carboxylic acids is 2. The third-order valence-corrected chi connectivity index (χ3v) is 8.56. The maximum absolute atomic E-state index is 12.8. The fraction of sp³-hybridized carbons (Fsp3) is 0.333. The van der Waals surface area contributed by atoms with E-state index < -0.39 is 5.91 Å². The minimum absolute atomic E-state index is 0.176. The van der Waals surface area contributed by atoms with Crippen molar-refractivity contribution in [1.82, 2.24) is 19.7 Å². The van der Waals surface area contributed by atoms with Crippen LogP contribution in [0.25, 0.3) is 22.3 Å². The SMILES string of the molecule is NC(=O)c1c(NC(=O)CSc2nnc(-c3c[nH]c4ccccc34)n2C2CC2)sc2c1CCCC2. The lowest BCUT2D eigenvalue weighted by atomic mass is 9.95. The van der Waals surface area contributed by atoms with Crippen molar-refractivity contribution in [3.63, 3.8) is 0 Å². The van der Waals surface area contributed by atoms with E-state index >= 15 is 0 Å². The van der Waals surface area contributed by atoms with Crippen LogP contribution in [0, 0.1) is 0 Å². The summed E-state index contributed by atoms with van der Waals surface area (Å²) >= 11 is 2.85. The standard InChI is InChI=1S/C24H24N6O2S2/c25-21(32)20-15-6-2-4-8-18(15)34-23(20)27-19(31)12-33-24-29-28-22(30(24)13-9-10-13)16-11-26-17-7-3-1-5-14(16)17/h1,3,5,7,11,13,26H,2,4,6,8-10,12H2,(H2,25,32)(H,27,31). The molecule has 1 fully saturated rings. The smallest absolute Gasteiger partial charge is 0.251 e. The van der Waals surface area contributed by atoms with Gasteiger partial charge in [-0.05, 0) is 50.2 Å². The van der Waals surface area contributed by atoms with Gasteiger partial charge in [0.05, 0.1) is 11.3 Å². The molecule has 0 aliphatic heterocycles. The van der Waals surface area contributed by atoms with Gasteiger partial charge in [0, 0.05) is 33.6 Å². The first-order valence-corrected chi connectivity index (χ1v) is 13.3. The van der Waals surface area contributed by atoms with E-state index in [1.165, 1.54) is 28.0 Å². The Kier molecular flexibility index (Phi) is 5.41. The third kappa shape index (κ3) is 3.80. The number of hydrogen-bond acceptors (Lipinski definition) is 6. The van der Waals surface area contributed by atoms with Crippen molar-refractivity contribution in [2.24, 2.45) is 5.73 Å². The highest BCUT2D eigenvalue weighted by molar-refractivity contribution is 7.99. The lowest BCUT2D eigenvalue weighted by Crippen LogP contribution is -2.19. The topological polar surface area (TPSA) is 119 Å². The summed E-state index contributed by atoms with van der Waals surface area (Å²) in [6.07, 6.45) is 8.06. The lowest BCUT2D eigenvalue weighted by Gasteiger charge is -2.11. The van der Waals surface area contributed by atoms with Gasteiger partial charge in [0.2, 0.25) is 5.91 Å². The van der Waals surface area contributed by atoms with Crippen LogP contribution in [0.1, 0.15) is 52.5 Å². The molecule has 174 valence electrons. The molecule has 2 aliphatic carbocycles. The number of benzene rings is 1. The van der Waals surface area contributed by atoms with Gasteiger partial charge in [0.25, 0.3) is 5.91 Å². The Morgan fingerprint density at radius 1 is 1.21 bits per heavy atom. The summed E-state index contributed by atoms with van der Waals surface area (Å²) in [7, 11) is 0. The van der Waals surface area contributed by atoms with Gasteiger partial charge >= 0.3 is 0 Å². The monoisotopic (exact) mass is 492 g/mol. The van der Waals surface area contributed by atoms with E-state index in [0.29, 0.717) is 16.6 Å². The van der Waals surface area contributed by atoms with Gasteiger partial charge < -0.3 is 16.0 Å². The maximum atomic E-state index is 12.8. The molecule has 0 spiro atoms. The minimum Gasteiger partial charge on any atom is -0.365 e. The van der Waals surface area contributed by atoms with E-state index in [1.807, 2.05) is 24.4 Å². The molecule has 0 unspecified atom stereocenters. The van der Waals surface area contributed by atoms with Gasteiger partial charge in [-0.25, -0.2) is 0 Å². The van der Waals surface area contributed by atoms with Crippen LogP contribution in [0.4, 0.5) is 5.00 Å². The predicted molar refractivity (Wildman–Crippen MR) is 134 cm³/mol. The Hall–Kier alpha value is -3.11. The number of aromatic nitrogens is 4. The number of H-pyrrole nitrogens is 1. The first-order valence-electron chi connectivity index (χ1n) is 11.5. The average molecular weight is 493 g/mol. The largest absolute Gasteiger partial charge is 0.365 e. The van der Waals surface area contributed by atoms with Crippen LogP contribution in [0.2, 0.25) is 0 Å². The number of anilines is 1. The summed E-state index contributed by atoms with van der Waals surface area (Å²) < 4.78 is 2.16. The summed E-state index contributed by atoms with van der Waals surface area (Å²) in [5.41, 5.74) is 9.23. The summed E-state index contributed by atoms with van der Waals surface area (Å²) in [6, 6.07) is 8.49. The molecule has 10 heteroatoms. The Bertz CT molecular complexity index is 1410. The van der Waals surface area contributed by atoms with Gasteiger partial charge in [0.15, 0.2) is 11.0 Å². The molecule has 3 heterocycles. The van der Waals surface area contributed by atoms with E-state index in [0.717, 1.165) is 71.5 Å². The number of thioether (sulfide) groups is 1. The fourth-order valence-corrected chi connectivity index (χ4v) is 6.80. The number of fused-ring (bicyclic) bond motifs is 2. The second kappa shape index (κ2) is 8.59. The van der Waals surface area contributed by atoms with Gasteiger partial charge in [-0.1, -0.05) is 30.0 Å². The highest BCUT2D eigenvalue weighted by atomic mass is 32.2. The highest BCUT2D eigenvalue weighted by Gasteiger charge is 2.31. The van der Waals surface area contributed by atoms with E-state index in [-0.39, 0.29) is 11.7 Å². The number of aryl methyl sites for hydroxylation is 1. The van der Waals surface area contributed by atoms with Crippen LogP contribution in [0.5, 0.6) is 0 Å². The lowest BCUT2D eigenvalue weighted by molar-refractivity contribution is -0.113. The second-order valence-electron chi connectivity index (χ2n) is 8.77. The Labute approximate surface area is 204 Å². The van der Waals surface area contributed by atoms with Crippen molar-refractivity contribution in [2.45, 2.75) is 49.7 Å². The Balaban J connectivity index is 1.22. The summed E-state index contributed by atoms with van der Waals surface area (Å²) in [5, 5.41) is 14.3. The van der Waals surface area contributed by atoms with E-state index in [2.05, 4.69) is 31.1 Å². The van der Waals surface area contributed by atoms with Crippen LogP contribution in [0.15, 0.2) is 35.6 Å². The van der Waals surface area contributed by atoms with Crippen LogP contribution >= 0.6 is 23.1 Å². The number of para-hydroxylation sites is 1. The quantitative estimate of drug-likeness (QED) is 0.328. The highest BCUT2D eigenvalue weighted by Crippen LogP contribution is 2.42. The van der Waals surface area contributed by atoms with Gasteiger partial charge in [-0.15, -0.1) is 21.5 Å². The van der Waals surface area contributed by atoms with Crippen molar-refractivity contribution < 1.29 is 9.59 Å². The number of carbonyl (C=O) groups is 2. The molecule has 0 radical (unpaired) electrons. The van der Waals surface area contributed by atoms with Gasteiger partial charge in [0.1, 0.15) is 5.00 Å². The zero-order valence-electron chi connectivity index (χ0n) is 18.5. The molecule has 2 amide bonds. The molecule has 1 saturated carbocycles. The molecule has 3 aromatic heterocycles. The van der Waals surface area contributed by atoms with Crippen LogP contribution < -0.4 is 11.1 Å². The molecule has 4 aromatic rings. The van der Waals surface area contributed by atoms with Crippen molar-refractivity contribution in [2.75, 3.05) is 11.1 Å². The molecule has 0 bridgehead atoms. The molecule has 0 atom stereocenters. The molecule has 34 heavy (non-hydrogen) atoms. The molecule has 2 aliphatic rings. The average Bonchev–Trinajstić information content (AvgIpc) is 3.27. The van der Waals surface area contributed by atoms with E-state index in [1.54, 1.807) is 0 Å². The second-order valence-corrected chi connectivity index (χ2v) is 10.8. The first kappa shape index (κ1) is 21.4. The number of nitrogens with one attached hydrogen (secondary N) is 2. The Morgan fingerprint density at radius 3 is 2.85 bits per heavy atom. The molecule has 1 aromatic carbocycles. The number of rotatable bonds is 7. The first-order chi connectivity index (χ1) is 16.6. The minimum atomic E-state index is -0.473. The number of thiophene rings is 1. The third-order valence-electron chi connectivity index (χ3n) is 6.41. The number of nitrogens with zero attached hydrogens (tertiary/aromatic N) is 3.